The largest absolute Gasteiger partial charge is 0.481 e. The van der Waals surface area contributed by atoms with Gasteiger partial charge >= 0.3 is 17.9 Å². The van der Waals surface area contributed by atoms with Gasteiger partial charge in [-0.25, -0.2) is 4.79 Å². The van der Waals surface area contributed by atoms with Crippen molar-refractivity contribution in [1.82, 2.24) is 16.0 Å². The molecule has 0 saturated carbocycles. The van der Waals surface area contributed by atoms with E-state index in [2.05, 4.69) is 23.3 Å². The monoisotopic (exact) mass is 493 g/mol. The lowest BCUT2D eigenvalue weighted by molar-refractivity contribution is -0.147. The van der Waals surface area contributed by atoms with E-state index >= 15 is 0 Å². The van der Waals surface area contributed by atoms with E-state index in [0.717, 1.165) is 0 Å². The van der Waals surface area contributed by atoms with E-state index in [4.69, 9.17) is 26.8 Å². The fraction of sp³-hybridized carbons (Fsp3) is 0.588. The summed E-state index contributed by atoms with van der Waals surface area (Å²) in [5, 5.41) is 32.9. The first-order chi connectivity index (χ1) is 15.3. The Hall–Kier alpha value is -3.40. The van der Waals surface area contributed by atoms with Crippen molar-refractivity contribution >= 4 is 54.2 Å². The van der Waals surface area contributed by atoms with Gasteiger partial charge in [-0.1, -0.05) is 0 Å². The van der Waals surface area contributed by atoms with Gasteiger partial charge in [-0.2, -0.15) is 12.6 Å². The fourth-order valence-corrected chi connectivity index (χ4v) is 2.61. The van der Waals surface area contributed by atoms with Gasteiger partial charge in [-0.3, -0.25) is 28.8 Å². The highest BCUT2D eigenvalue weighted by Gasteiger charge is 2.31. The van der Waals surface area contributed by atoms with Gasteiger partial charge in [0.05, 0.1) is 12.5 Å². The smallest absolute Gasteiger partial charge is 0.326 e. The molecule has 0 bridgehead atoms. The summed E-state index contributed by atoms with van der Waals surface area (Å²) in [5.74, 6) is -8.29. The molecule has 0 aliphatic heterocycles. The van der Waals surface area contributed by atoms with Crippen LogP contribution in [-0.4, -0.2) is 86.8 Å². The van der Waals surface area contributed by atoms with Crippen LogP contribution in [0.25, 0.3) is 0 Å². The SMILES string of the molecule is NC(=O)CCC(NC(=O)C(CS)NC(=O)C(N)CCC(=O)O)C(=O)NC(CC(=O)O)C(=O)O. The predicted octanol–water partition coefficient (Wildman–Crippen LogP) is -3.61. The number of amides is 4. The van der Waals surface area contributed by atoms with Crippen molar-refractivity contribution in [3.8, 4) is 0 Å². The van der Waals surface area contributed by atoms with Crippen LogP contribution in [0.3, 0.4) is 0 Å². The van der Waals surface area contributed by atoms with E-state index in [0.29, 0.717) is 0 Å². The zero-order chi connectivity index (χ0) is 25.7. The van der Waals surface area contributed by atoms with Crippen molar-refractivity contribution in [1.29, 1.82) is 0 Å². The molecule has 4 atom stereocenters. The third-order valence-electron chi connectivity index (χ3n) is 4.13. The topological polar surface area (TPSA) is 268 Å². The average Bonchev–Trinajstić information content (AvgIpc) is 2.71. The van der Waals surface area contributed by atoms with Crippen LogP contribution in [0.15, 0.2) is 0 Å². The molecule has 15 nitrogen and oxygen atoms in total. The Balaban J connectivity index is 5.32. The quantitative estimate of drug-likeness (QED) is 0.0947. The Morgan fingerprint density at radius 1 is 0.727 bits per heavy atom. The lowest BCUT2D eigenvalue weighted by Crippen LogP contribution is -2.57. The summed E-state index contributed by atoms with van der Waals surface area (Å²) in [6, 6.07) is -5.87. The maximum absolute atomic E-state index is 12.5. The lowest BCUT2D eigenvalue weighted by atomic mass is 10.1. The Morgan fingerprint density at radius 3 is 1.70 bits per heavy atom. The Labute approximate surface area is 193 Å². The molecule has 0 radical (unpaired) electrons. The van der Waals surface area contributed by atoms with Crippen molar-refractivity contribution < 1.29 is 48.9 Å². The minimum atomic E-state index is -1.81. The van der Waals surface area contributed by atoms with E-state index in [1.165, 1.54) is 0 Å². The van der Waals surface area contributed by atoms with Crippen LogP contribution in [0.1, 0.15) is 32.1 Å². The molecule has 0 aromatic heterocycles. The van der Waals surface area contributed by atoms with Crippen LogP contribution in [0, 0.1) is 0 Å². The van der Waals surface area contributed by atoms with Crippen molar-refractivity contribution in [3.05, 3.63) is 0 Å². The van der Waals surface area contributed by atoms with Crippen molar-refractivity contribution in [2.45, 2.75) is 56.3 Å². The minimum Gasteiger partial charge on any atom is -0.481 e. The van der Waals surface area contributed by atoms with Crippen molar-refractivity contribution in [3.63, 3.8) is 0 Å². The first-order valence-electron chi connectivity index (χ1n) is 9.50. The second-order valence-electron chi connectivity index (χ2n) is 6.85. The highest BCUT2D eigenvalue weighted by Crippen LogP contribution is 2.03. The molecule has 0 rings (SSSR count). The van der Waals surface area contributed by atoms with Gasteiger partial charge in [0.1, 0.15) is 18.1 Å². The van der Waals surface area contributed by atoms with Gasteiger partial charge < -0.3 is 42.7 Å². The van der Waals surface area contributed by atoms with Crippen LogP contribution >= 0.6 is 12.6 Å². The molecule has 0 fully saturated rings. The lowest BCUT2D eigenvalue weighted by Gasteiger charge is -2.24. The second-order valence-corrected chi connectivity index (χ2v) is 7.21. The van der Waals surface area contributed by atoms with Crippen LogP contribution in [0.4, 0.5) is 0 Å². The third-order valence-corrected chi connectivity index (χ3v) is 4.49. The molecule has 0 saturated heterocycles. The van der Waals surface area contributed by atoms with Gasteiger partial charge in [0, 0.05) is 18.6 Å². The molecule has 0 aromatic rings. The standard InChI is InChI=1S/C17H27N5O10S/c18-7(1-4-12(24)25)14(28)22-10(6-33)16(30)20-8(2-3-11(19)23)15(29)21-9(17(31)32)5-13(26)27/h7-10,33H,1-6,18H2,(H2,19,23)(H,20,30)(H,21,29)(H,22,28)(H,24,25)(H,26,27)(H,31,32). The van der Waals surface area contributed by atoms with E-state index in [1.807, 2.05) is 5.32 Å². The number of hydrogen-bond acceptors (Lipinski definition) is 9. The molecule has 4 unspecified atom stereocenters. The molecule has 0 spiro atoms. The van der Waals surface area contributed by atoms with E-state index in [9.17, 15) is 33.6 Å². The molecule has 0 aromatic carbocycles. The van der Waals surface area contributed by atoms with E-state index in [-0.39, 0.29) is 31.4 Å². The molecular weight excluding hydrogens is 466 g/mol. The summed E-state index contributed by atoms with van der Waals surface area (Å²) >= 11 is 3.93. The molecule has 33 heavy (non-hydrogen) atoms. The predicted molar refractivity (Wildman–Crippen MR) is 113 cm³/mol. The number of carbonyl (C=O) groups excluding carboxylic acids is 4. The maximum Gasteiger partial charge on any atom is 0.326 e. The van der Waals surface area contributed by atoms with E-state index < -0.39 is 72.1 Å². The van der Waals surface area contributed by atoms with Crippen molar-refractivity contribution in [2.24, 2.45) is 11.5 Å². The number of primary amides is 1. The number of rotatable bonds is 16. The molecule has 16 heteroatoms. The Kier molecular flexibility index (Phi) is 13.1. The van der Waals surface area contributed by atoms with Crippen LogP contribution in [0.2, 0.25) is 0 Å². The third kappa shape index (κ3) is 12.3. The number of nitrogens with two attached hydrogens (primary N) is 2. The molecule has 0 aliphatic carbocycles. The summed E-state index contributed by atoms with van der Waals surface area (Å²) in [5.41, 5.74) is 10.6. The van der Waals surface area contributed by atoms with Gasteiger partial charge in [-0.05, 0) is 12.8 Å². The zero-order valence-electron chi connectivity index (χ0n) is 17.4. The van der Waals surface area contributed by atoms with Crippen LogP contribution in [0.5, 0.6) is 0 Å². The summed E-state index contributed by atoms with van der Waals surface area (Å²) in [7, 11) is 0. The molecule has 186 valence electrons. The molecule has 0 aliphatic rings. The number of carboxylic acid groups (broad SMARTS) is 3. The number of thiol groups is 1. The molecular formula is C17H27N5O10S. The van der Waals surface area contributed by atoms with Crippen LogP contribution in [-0.2, 0) is 33.6 Å². The summed E-state index contributed by atoms with van der Waals surface area (Å²) < 4.78 is 0. The summed E-state index contributed by atoms with van der Waals surface area (Å²) in [6.45, 7) is 0. The first-order valence-corrected chi connectivity index (χ1v) is 10.1. The highest BCUT2D eigenvalue weighted by molar-refractivity contribution is 7.80. The average molecular weight is 493 g/mol. The zero-order valence-corrected chi connectivity index (χ0v) is 18.2. The van der Waals surface area contributed by atoms with E-state index in [1.54, 1.807) is 0 Å². The highest BCUT2D eigenvalue weighted by atomic mass is 32.1. The normalized spacial score (nSPS) is 14.1. The maximum atomic E-state index is 12.5. The number of hydrogen-bond donors (Lipinski definition) is 9. The van der Waals surface area contributed by atoms with Gasteiger partial charge in [0.15, 0.2) is 0 Å². The first kappa shape index (κ1) is 29.6. The summed E-state index contributed by atoms with van der Waals surface area (Å²) in [4.78, 5) is 80.7. The van der Waals surface area contributed by atoms with Crippen LogP contribution < -0.4 is 27.4 Å². The second kappa shape index (κ2) is 14.6. The number of aliphatic carboxylic acids is 3. The number of nitrogens with one attached hydrogen (secondary N) is 3. The number of carbonyl (C=O) groups is 7. The van der Waals surface area contributed by atoms with Gasteiger partial charge in [-0.15, -0.1) is 0 Å². The van der Waals surface area contributed by atoms with Gasteiger partial charge in [0.2, 0.25) is 23.6 Å². The van der Waals surface area contributed by atoms with Crippen molar-refractivity contribution in [2.75, 3.05) is 5.75 Å². The Morgan fingerprint density at radius 2 is 1.24 bits per heavy atom. The number of carboxylic acids is 3. The Bertz CT molecular complexity index is 777. The van der Waals surface area contributed by atoms with Gasteiger partial charge in [0.25, 0.3) is 0 Å². The fourth-order valence-electron chi connectivity index (χ4n) is 2.36. The molecule has 10 N–H and O–H groups in total. The summed E-state index contributed by atoms with van der Waals surface area (Å²) in [6.07, 6.45) is -2.26. The molecule has 4 amide bonds. The minimum absolute atomic E-state index is 0.203. The molecule has 0 heterocycles.